The standard InChI is InChI=1S/C15H20F2N2O2.C5H10O2/c1-11-8-19(13(14(16)17)9-18(11)2)15(20)21-10-12-6-4-3-5-7-12;1-5(2,3)7-4-6/h3-7,11,13-14H,8-10H2,1-2H3;4H,1-3H3/t11-,13-;/m1./s1. The molecule has 0 aromatic heterocycles. The summed E-state index contributed by atoms with van der Waals surface area (Å²) < 4.78 is 36.0. The Labute approximate surface area is 165 Å². The molecule has 2 atom stereocenters. The van der Waals surface area contributed by atoms with Gasteiger partial charge in [-0.15, -0.1) is 0 Å². The number of halogens is 2. The molecule has 1 fully saturated rings. The molecule has 0 bridgehead atoms. The topological polar surface area (TPSA) is 59.1 Å². The number of amides is 1. The van der Waals surface area contributed by atoms with Crippen LogP contribution < -0.4 is 0 Å². The highest BCUT2D eigenvalue weighted by Gasteiger charge is 2.38. The molecule has 8 heteroatoms. The van der Waals surface area contributed by atoms with Crippen molar-refractivity contribution >= 4 is 12.6 Å². The zero-order chi connectivity index (χ0) is 21.3. The van der Waals surface area contributed by atoms with Gasteiger partial charge in [0, 0.05) is 19.1 Å². The summed E-state index contributed by atoms with van der Waals surface area (Å²) >= 11 is 0. The third-order valence-corrected chi connectivity index (χ3v) is 4.22. The van der Waals surface area contributed by atoms with Crippen LogP contribution in [0.2, 0.25) is 0 Å². The Morgan fingerprint density at radius 1 is 1.25 bits per heavy atom. The summed E-state index contributed by atoms with van der Waals surface area (Å²) in [6, 6.07) is 8.10. The van der Waals surface area contributed by atoms with Crippen LogP contribution in [0.15, 0.2) is 30.3 Å². The minimum absolute atomic E-state index is 0.0317. The van der Waals surface area contributed by atoms with Crippen LogP contribution in [-0.4, -0.2) is 66.6 Å². The molecule has 6 nitrogen and oxygen atoms in total. The van der Waals surface area contributed by atoms with Gasteiger partial charge in [-0.1, -0.05) is 30.3 Å². The lowest BCUT2D eigenvalue weighted by molar-refractivity contribution is -0.138. The number of rotatable bonds is 4. The number of ether oxygens (including phenoxy) is 2. The van der Waals surface area contributed by atoms with E-state index in [1.165, 1.54) is 0 Å². The molecule has 1 aromatic carbocycles. The highest BCUT2D eigenvalue weighted by Crippen LogP contribution is 2.20. The fraction of sp³-hybridized carbons (Fsp3) is 0.600. The van der Waals surface area contributed by atoms with Gasteiger partial charge in [-0.2, -0.15) is 0 Å². The minimum atomic E-state index is -2.58. The van der Waals surface area contributed by atoms with Gasteiger partial charge >= 0.3 is 6.09 Å². The predicted octanol–water partition coefficient (Wildman–Crippen LogP) is 3.55. The molecular weight excluding hydrogens is 370 g/mol. The summed E-state index contributed by atoms with van der Waals surface area (Å²) in [5, 5.41) is 0. The maximum absolute atomic E-state index is 13.1. The van der Waals surface area contributed by atoms with Gasteiger partial charge in [-0.05, 0) is 40.3 Å². The van der Waals surface area contributed by atoms with Crippen molar-refractivity contribution in [1.82, 2.24) is 9.80 Å². The summed E-state index contributed by atoms with van der Waals surface area (Å²) in [4.78, 5) is 24.7. The summed E-state index contributed by atoms with van der Waals surface area (Å²) in [5.41, 5.74) is 0.517. The Hall–Kier alpha value is -2.22. The third-order valence-electron chi connectivity index (χ3n) is 4.22. The van der Waals surface area contributed by atoms with Gasteiger partial charge in [0.2, 0.25) is 0 Å². The number of nitrogens with zero attached hydrogens (tertiary/aromatic N) is 2. The van der Waals surface area contributed by atoms with Gasteiger partial charge < -0.3 is 9.47 Å². The Balaban J connectivity index is 0.000000480. The second kappa shape index (κ2) is 10.9. The number of hydrogen-bond acceptors (Lipinski definition) is 5. The van der Waals surface area contributed by atoms with Gasteiger partial charge in [0.1, 0.15) is 18.2 Å². The molecule has 0 saturated carbocycles. The predicted molar refractivity (Wildman–Crippen MR) is 102 cm³/mol. The van der Waals surface area contributed by atoms with Gasteiger partial charge in [-0.3, -0.25) is 14.6 Å². The normalized spacial score (nSPS) is 20.2. The van der Waals surface area contributed by atoms with Crippen LogP contribution in [0.25, 0.3) is 0 Å². The summed E-state index contributed by atoms with van der Waals surface area (Å²) in [6.07, 6.45) is -3.26. The largest absolute Gasteiger partial charge is 0.462 e. The Morgan fingerprint density at radius 3 is 2.32 bits per heavy atom. The monoisotopic (exact) mass is 400 g/mol. The van der Waals surface area contributed by atoms with E-state index < -0.39 is 18.6 Å². The number of piperazine rings is 1. The molecular formula is C20H30F2N2O4. The van der Waals surface area contributed by atoms with Crippen LogP contribution in [0.5, 0.6) is 0 Å². The van der Waals surface area contributed by atoms with Gasteiger partial charge in [0.15, 0.2) is 0 Å². The van der Waals surface area contributed by atoms with Crippen LogP contribution in [0.1, 0.15) is 33.3 Å². The van der Waals surface area contributed by atoms with Gasteiger partial charge in [0.25, 0.3) is 12.9 Å². The number of alkyl halides is 2. The molecule has 1 aromatic rings. The van der Waals surface area contributed by atoms with E-state index in [9.17, 15) is 18.4 Å². The second-order valence-electron chi connectivity index (χ2n) is 7.71. The van der Waals surface area contributed by atoms with E-state index in [0.717, 1.165) is 10.5 Å². The van der Waals surface area contributed by atoms with Crippen molar-refractivity contribution < 1.29 is 27.8 Å². The molecule has 1 amide bonds. The van der Waals surface area contributed by atoms with Crippen molar-refractivity contribution in [2.75, 3.05) is 20.1 Å². The fourth-order valence-corrected chi connectivity index (χ4v) is 2.51. The van der Waals surface area contributed by atoms with Gasteiger partial charge in [-0.25, -0.2) is 13.6 Å². The van der Waals surface area contributed by atoms with Crippen molar-refractivity contribution in [3.63, 3.8) is 0 Å². The first kappa shape index (κ1) is 23.8. The minimum Gasteiger partial charge on any atom is -0.462 e. The zero-order valence-corrected chi connectivity index (χ0v) is 17.1. The number of carbonyl (C=O) groups excluding carboxylic acids is 2. The van der Waals surface area contributed by atoms with E-state index in [1.54, 1.807) is 7.05 Å². The maximum atomic E-state index is 13.1. The van der Waals surface area contributed by atoms with Crippen LogP contribution in [0.4, 0.5) is 13.6 Å². The van der Waals surface area contributed by atoms with Crippen LogP contribution in [-0.2, 0) is 20.9 Å². The number of carbonyl (C=O) groups is 2. The lowest BCUT2D eigenvalue weighted by Crippen LogP contribution is -2.60. The van der Waals surface area contributed by atoms with Crippen LogP contribution >= 0.6 is 0 Å². The molecule has 0 unspecified atom stereocenters. The highest BCUT2D eigenvalue weighted by atomic mass is 19.3. The summed E-state index contributed by atoms with van der Waals surface area (Å²) in [6.45, 7) is 8.32. The zero-order valence-electron chi connectivity index (χ0n) is 17.1. The Morgan fingerprint density at radius 2 is 1.86 bits per heavy atom. The Bertz CT molecular complexity index is 608. The molecule has 0 aliphatic carbocycles. The van der Waals surface area contributed by atoms with Gasteiger partial charge in [0.05, 0.1) is 0 Å². The van der Waals surface area contributed by atoms with Crippen molar-refractivity contribution in [3.8, 4) is 0 Å². The molecule has 1 aliphatic rings. The van der Waals surface area contributed by atoms with Crippen molar-refractivity contribution in [2.24, 2.45) is 0 Å². The summed E-state index contributed by atoms with van der Waals surface area (Å²) in [5.74, 6) is 0. The average molecular weight is 400 g/mol. The number of benzene rings is 1. The summed E-state index contributed by atoms with van der Waals surface area (Å²) in [7, 11) is 1.78. The van der Waals surface area contributed by atoms with Crippen molar-refractivity contribution in [1.29, 1.82) is 0 Å². The van der Waals surface area contributed by atoms with Crippen molar-refractivity contribution in [2.45, 2.75) is 58.4 Å². The Kier molecular flexibility index (Phi) is 9.31. The lowest BCUT2D eigenvalue weighted by atomic mass is 10.1. The molecule has 1 aliphatic heterocycles. The molecule has 2 rings (SSSR count). The molecule has 1 heterocycles. The van der Waals surface area contributed by atoms with E-state index in [-0.39, 0.29) is 31.3 Å². The first-order valence-electron chi connectivity index (χ1n) is 9.12. The molecule has 28 heavy (non-hydrogen) atoms. The molecule has 1 saturated heterocycles. The third kappa shape index (κ3) is 8.21. The quantitative estimate of drug-likeness (QED) is 0.724. The van der Waals surface area contributed by atoms with Crippen molar-refractivity contribution in [3.05, 3.63) is 35.9 Å². The van der Waals surface area contributed by atoms with E-state index in [1.807, 2.05) is 62.9 Å². The molecule has 158 valence electrons. The number of hydrogen-bond donors (Lipinski definition) is 0. The smallest absolute Gasteiger partial charge is 0.410 e. The van der Waals surface area contributed by atoms with Crippen LogP contribution in [0, 0.1) is 0 Å². The SMILES string of the molecule is CC(C)(C)OC=O.C[C@@H]1CN(C(=O)OCc2ccccc2)[C@@H](C(F)F)CN1C. The van der Waals surface area contributed by atoms with E-state index in [4.69, 9.17) is 4.74 Å². The van der Waals surface area contributed by atoms with Crippen LogP contribution in [0.3, 0.4) is 0 Å². The lowest BCUT2D eigenvalue weighted by Gasteiger charge is -2.42. The average Bonchev–Trinajstić information content (AvgIpc) is 2.62. The first-order valence-corrected chi connectivity index (χ1v) is 9.12. The van der Waals surface area contributed by atoms with E-state index >= 15 is 0 Å². The van der Waals surface area contributed by atoms with E-state index in [0.29, 0.717) is 6.47 Å². The molecule has 0 spiro atoms. The first-order chi connectivity index (χ1) is 13.0. The second-order valence-corrected chi connectivity index (χ2v) is 7.71. The maximum Gasteiger partial charge on any atom is 0.410 e. The van der Waals surface area contributed by atoms with E-state index in [2.05, 4.69) is 4.74 Å². The fourth-order valence-electron chi connectivity index (χ4n) is 2.51. The number of likely N-dealkylation sites (N-methyl/N-ethyl adjacent to an activating group) is 1. The molecule has 0 N–H and O–H groups in total. The highest BCUT2D eigenvalue weighted by molar-refractivity contribution is 5.68. The molecule has 0 radical (unpaired) electrons.